The Morgan fingerprint density at radius 2 is 2.31 bits per heavy atom. The van der Waals surface area contributed by atoms with Gasteiger partial charge in [-0.05, 0) is 12.1 Å². The molecule has 2 heterocycles. The molecule has 0 spiro atoms. The summed E-state index contributed by atoms with van der Waals surface area (Å²) in [5.74, 6) is 0.0159. The van der Waals surface area contributed by atoms with Crippen LogP contribution in [0.1, 0.15) is 21.7 Å². The van der Waals surface area contributed by atoms with Crippen LogP contribution in [0.2, 0.25) is 0 Å². The normalized spacial score (nSPS) is 15.0. The van der Waals surface area contributed by atoms with Crippen molar-refractivity contribution in [1.82, 2.24) is 5.32 Å². The summed E-state index contributed by atoms with van der Waals surface area (Å²) < 4.78 is 5.68. The Balaban J connectivity index is 2.36. The molecule has 0 aliphatic carbocycles. The van der Waals surface area contributed by atoms with Gasteiger partial charge in [-0.2, -0.15) is 0 Å². The minimum Gasteiger partial charge on any atom is -0.478 e. The second kappa shape index (κ2) is 3.35. The van der Waals surface area contributed by atoms with Gasteiger partial charge in [0.25, 0.3) is 0 Å². The summed E-state index contributed by atoms with van der Waals surface area (Å²) in [6.45, 7) is 1.57. The second-order valence-electron chi connectivity index (χ2n) is 3.91. The highest BCUT2D eigenvalue weighted by molar-refractivity contribution is 6.04. The first kappa shape index (κ1) is 9.42. The number of carboxylic acid groups (broad SMARTS) is 1. The minimum absolute atomic E-state index is 0.325. The van der Waals surface area contributed by atoms with Gasteiger partial charge in [-0.25, -0.2) is 4.79 Å². The maximum absolute atomic E-state index is 11.1. The van der Waals surface area contributed by atoms with E-state index >= 15 is 0 Å². The average Bonchev–Trinajstić information content (AvgIpc) is 2.66. The average molecular weight is 217 g/mol. The van der Waals surface area contributed by atoms with Crippen LogP contribution < -0.4 is 5.32 Å². The molecule has 0 amide bonds. The summed E-state index contributed by atoms with van der Waals surface area (Å²) >= 11 is 0. The molecule has 0 radical (unpaired) electrons. The van der Waals surface area contributed by atoms with Gasteiger partial charge in [-0.15, -0.1) is 0 Å². The van der Waals surface area contributed by atoms with Crippen LogP contribution >= 0.6 is 0 Å². The van der Waals surface area contributed by atoms with Gasteiger partial charge in [-0.3, -0.25) is 0 Å². The lowest BCUT2D eigenvalue weighted by Gasteiger charge is -2.11. The highest BCUT2D eigenvalue weighted by Gasteiger charge is 2.21. The number of carbonyl (C=O) groups is 1. The van der Waals surface area contributed by atoms with E-state index in [1.807, 2.05) is 6.07 Å². The van der Waals surface area contributed by atoms with Crippen LogP contribution in [0.25, 0.3) is 11.0 Å². The van der Waals surface area contributed by atoms with E-state index < -0.39 is 5.97 Å². The molecule has 82 valence electrons. The zero-order valence-electron chi connectivity index (χ0n) is 8.62. The van der Waals surface area contributed by atoms with Gasteiger partial charge < -0.3 is 14.8 Å². The molecular weight excluding hydrogens is 206 g/mol. The van der Waals surface area contributed by atoms with Crippen molar-refractivity contribution < 1.29 is 14.3 Å². The lowest BCUT2D eigenvalue weighted by molar-refractivity contribution is 0.0699. The molecule has 4 heteroatoms. The van der Waals surface area contributed by atoms with E-state index in [0.29, 0.717) is 17.7 Å². The number of hydrogen-bond acceptors (Lipinski definition) is 3. The Morgan fingerprint density at radius 3 is 3.12 bits per heavy atom. The second-order valence-corrected chi connectivity index (χ2v) is 3.91. The van der Waals surface area contributed by atoms with Crippen LogP contribution in [0.15, 0.2) is 22.6 Å². The van der Waals surface area contributed by atoms with Crippen molar-refractivity contribution in [3.63, 3.8) is 0 Å². The lowest BCUT2D eigenvalue weighted by Crippen LogP contribution is -2.22. The van der Waals surface area contributed by atoms with Gasteiger partial charge in [0, 0.05) is 30.5 Å². The molecule has 1 aliphatic rings. The van der Waals surface area contributed by atoms with Crippen molar-refractivity contribution in [2.45, 2.75) is 13.0 Å². The number of fused-ring (bicyclic) bond motifs is 3. The van der Waals surface area contributed by atoms with Crippen LogP contribution in [0, 0.1) is 0 Å². The van der Waals surface area contributed by atoms with Crippen molar-refractivity contribution in [3.05, 3.63) is 35.1 Å². The SMILES string of the molecule is O=C(O)c1cccc2oc3c(c12)CNCC3. The third-order valence-electron chi connectivity index (χ3n) is 2.96. The molecule has 0 bridgehead atoms. The highest BCUT2D eigenvalue weighted by atomic mass is 16.4. The molecule has 0 atom stereocenters. The van der Waals surface area contributed by atoms with E-state index in [-0.39, 0.29) is 0 Å². The predicted molar refractivity (Wildman–Crippen MR) is 58.6 cm³/mol. The minimum atomic E-state index is -0.903. The molecule has 0 saturated heterocycles. The Morgan fingerprint density at radius 1 is 1.44 bits per heavy atom. The third-order valence-corrected chi connectivity index (χ3v) is 2.96. The van der Waals surface area contributed by atoms with Gasteiger partial charge in [0.2, 0.25) is 0 Å². The van der Waals surface area contributed by atoms with Crippen LogP contribution in [0.5, 0.6) is 0 Å². The lowest BCUT2D eigenvalue weighted by atomic mass is 10.0. The van der Waals surface area contributed by atoms with E-state index in [2.05, 4.69) is 5.32 Å². The summed E-state index contributed by atoms with van der Waals surface area (Å²) in [5.41, 5.74) is 2.00. The standard InChI is InChI=1S/C12H11NO3/c14-12(15)7-2-1-3-10-11(7)8-6-13-5-4-9(8)16-10/h1-3,13H,4-6H2,(H,14,15). The summed E-state index contributed by atoms with van der Waals surface area (Å²) in [5, 5.41) is 13.1. The van der Waals surface area contributed by atoms with Crippen LogP contribution in [-0.4, -0.2) is 17.6 Å². The Bertz CT molecular complexity index is 571. The summed E-state index contributed by atoms with van der Waals surface area (Å²) in [6, 6.07) is 5.16. The van der Waals surface area contributed by atoms with Crippen molar-refractivity contribution >= 4 is 16.9 Å². The Kier molecular flexibility index (Phi) is 1.97. The van der Waals surface area contributed by atoms with Gasteiger partial charge in [0.05, 0.1) is 5.56 Å². The van der Waals surface area contributed by atoms with E-state index in [9.17, 15) is 4.79 Å². The summed E-state index contributed by atoms with van der Waals surface area (Å²) in [6.07, 6.45) is 0.822. The van der Waals surface area contributed by atoms with Gasteiger partial charge in [-0.1, -0.05) is 6.07 Å². The van der Waals surface area contributed by atoms with E-state index in [0.717, 1.165) is 29.7 Å². The molecule has 1 aromatic heterocycles. The Labute approximate surface area is 91.9 Å². The zero-order chi connectivity index (χ0) is 11.1. The number of benzene rings is 1. The van der Waals surface area contributed by atoms with Crippen LogP contribution in [0.4, 0.5) is 0 Å². The number of nitrogens with one attached hydrogen (secondary N) is 1. The van der Waals surface area contributed by atoms with E-state index in [1.54, 1.807) is 12.1 Å². The quantitative estimate of drug-likeness (QED) is 0.764. The molecule has 1 aromatic carbocycles. The van der Waals surface area contributed by atoms with Gasteiger partial charge in [0.15, 0.2) is 0 Å². The molecule has 0 unspecified atom stereocenters. The molecule has 16 heavy (non-hydrogen) atoms. The van der Waals surface area contributed by atoms with Gasteiger partial charge in [0.1, 0.15) is 11.3 Å². The van der Waals surface area contributed by atoms with Crippen molar-refractivity contribution in [1.29, 1.82) is 0 Å². The van der Waals surface area contributed by atoms with Gasteiger partial charge >= 0.3 is 5.97 Å². The van der Waals surface area contributed by atoms with Crippen LogP contribution in [0.3, 0.4) is 0 Å². The predicted octanol–water partition coefficient (Wildman–Crippen LogP) is 1.78. The number of carboxylic acids is 1. The zero-order valence-corrected chi connectivity index (χ0v) is 8.62. The number of furan rings is 1. The first-order chi connectivity index (χ1) is 7.77. The Hall–Kier alpha value is -1.81. The monoisotopic (exact) mass is 217 g/mol. The fourth-order valence-electron chi connectivity index (χ4n) is 2.24. The summed E-state index contributed by atoms with van der Waals surface area (Å²) in [7, 11) is 0. The first-order valence-electron chi connectivity index (χ1n) is 5.24. The van der Waals surface area contributed by atoms with Crippen molar-refractivity contribution in [3.8, 4) is 0 Å². The molecule has 2 N–H and O–H groups in total. The molecular formula is C12H11NO3. The highest BCUT2D eigenvalue weighted by Crippen LogP contribution is 2.30. The molecule has 4 nitrogen and oxygen atoms in total. The molecule has 2 aromatic rings. The smallest absolute Gasteiger partial charge is 0.336 e. The number of aromatic carboxylic acids is 1. The van der Waals surface area contributed by atoms with E-state index in [1.165, 1.54) is 0 Å². The fraction of sp³-hybridized carbons (Fsp3) is 0.250. The molecule has 1 aliphatic heterocycles. The largest absolute Gasteiger partial charge is 0.478 e. The summed E-state index contributed by atoms with van der Waals surface area (Å²) in [4.78, 5) is 11.1. The molecule has 0 fully saturated rings. The third kappa shape index (κ3) is 1.23. The van der Waals surface area contributed by atoms with E-state index in [4.69, 9.17) is 9.52 Å². The number of hydrogen-bond donors (Lipinski definition) is 2. The maximum atomic E-state index is 11.1. The first-order valence-corrected chi connectivity index (χ1v) is 5.24. The van der Waals surface area contributed by atoms with Crippen LogP contribution in [-0.2, 0) is 13.0 Å². The van der Waals surface area contributed by atoms with Crippen molar-refractivity contribution in [2.75, 3.05) is 6.54 Å². The number of rotatable bonds is 1. The topological polar surface area (TPSA) is 62.5 Å². The molecule has 3 rings (SSSR count). The molecule has 0 saturated carbocycles. The maximum Gasteiger partial charge on any atom is 0.336 e. The van der Waals surface area contributed by atoms with Crippen molar-refractivity contribution in [2.24, 2.45) is 0 Å². The fourth-order valence-corrected chi connectivity index (χ4v) is 2.24.